The summed E-state index contributed by atoms with van der Waals surface area (Å²) in [6.07, 6.45) is 1.70. The van der Waals surface area contributed by atoms with Crippen LogP contribution in [0.4, 0.5) is 11.4 Å². The lowest BCUT2D eigenvalue weighted by Gasteiger charge is -2.36. The fourth-order valence-electron chi connectivity index (χ4n) is 4.88. The zero-order chi connectivity index (χ0) is 28.0. The SMILES string of the molecule is Cc1ccc(N2C(=O)/C(=C\c3cc(C)n(-c4ccc(I)c(C)c4)c3C)C(=O)N(c3ccccc3)C2=S)cc1C. The second kappa shape index (κ2) is 10.5. The van der Waals surface area contributed by atoms with Crippen molar-refractivity contribution in [1.29, 1.82) is 0 Å². The third-order valence-corrected chi connectivity index (χ3v) is 8.76. The molecule has 5 rings (SSSR count). The Morgan fingerprint density at radius 1 is 0.692 bits per heavy atom. The third kappa shape index (κ3) is 4.85. The van der Waals surface area contributed by atoms with Crippen molar-refractivity contribution in [2.75, 3.05) is 9.80 Å². The van der Waals surface area contributed by atoms with Gasteiger partial charge < -0.3 is 4.57 Å². The van der Waals surface area contributed by atoms with Gasteiger partial charge in [0, 0.05) is 20.6 Å². The van der Waals surface area contributed by atoms with Gasteiger partial charge in [-0.3, -0.25) is 19.4 Å². The van der Waals surface area contributed by atoms with Gasteiger partial charge in [-0.2, -0.15) is 0 Å². The molecule has 0 aliphatic carbocycles. The Kier molecular flexibility index (Phi) is 7.31. The number of carbonyl (C=O) groups excluding carboxylic acids is 2. The molecular formula is C32H28IN3O2S. The number of para-hydroxylation sites is 1. The molecule has 0 bridgehead atoms. The van der Waals surface area contributed by atoms with Crippen LogP contribution in [0.25, 0.3) is 11.8 Å². The standard InChI is InChI=1S/C32H28IN3O2S/c1-19-11-12-27(15-20(19)2)36-31(38)28(30(37)35(32(36)39)25-9-7-6-8-10-25)18-24-17-22(4)34(23(24)5)26-13-14-29(33)21(3)16-26/h6-18H,1-5H3/b28-18-. The van der Waals surface area contributed by atoms with E-state index in [1.807, 2.05) is 82.3 Å². The highest BCUT2D eigenvalue weighted by Crippen LogP contribution is 2.32. The van der Waals surface area contributed by atoms with Crippen LogP contribution in [0.2, 0.25) is 0 Å². The van der Waals surface area contributed by atoms with Crippen LogP contribution in [0.3, 0.4) is 0 Å². The average molecular weight is 646 g/mol. The van der Waals surface area contributed by atoms with Crippen LogP contribution in [0.5, 0.6) is 0 Å². The van der Waals surface area contributed by atoms with E-state index in [-0.39, 0.29) is 10.7 Å². The first kappa shape index (κ1) is 27.0. The summed E-state index contributed by atoms with van der Waals surface area (Å²) < 4.78 is 3.34. The van der Waals surface area contributed by atoms with E-state index in [9.17, 15) is 9.59 Å². The summed E-state index contributed by atoms with van der Waals surface area (Å²) in [5.41, 5.74) is 8.44. The number of carbonyl (C=O) groups is 2. The fraction of sp³-hybridized carbons (Fsp3) is 0.156. The topological polar surface area (TPSA) is 45.6 Å². The van der Waals surface area contributed by atoms with Crippen molar-refractivity contribution < 1.29 is 9.59 Å². The molecule has 2 heterocycles. The number of benzene rings is 3. The lowest BCUT2D eigenvalue weighted by molar-refractivity contribution is -0.120. The van der Waals surface area contributed by atoms with E-state index in [1.54, 1.807) is 6.08 Å². The highest BCUT2D eigenvalue weighted by atomic mass is 127. The van der Waals surface area contributed by atoms with E-state index in [2.05, 4.69) is 52.3 Å². The smallest absolute Gasteiger partial charge is 0.270 e. The number of aryl methyl sites for hydroxylation is 4. The summed E-state index contributed by atoms with van der Waals surface area (Å²) in [7, 11) is 0. The molecule has 0 saturated carbocycles. The fourth-order valence-corrected chi connectivity index (χ4v) is 5.59. The van der Waals surface area contributed by atoms with E-state index in [1.165, 1.54) is 18.9 Å². The van der Waals surface area contributed by atoms with Crippen LogP contribution < -0.4 is 9.80 Å². The van der Waals surface area contributed by atoms with E-state index < -0.39 is 11.8 Å². The molecule has 1 saturated heterocycles. The molecule has 1 aromatic heterocycles. The van der Waals surface area contributed by atoms with E-state index in [4.69, 9.17) is 12.2 Å². The number of hydrogen-bond acceptors (Lipinski definition) is 3. The molecule has 0 spiro atoms. The van der Waals surface area contributed by atoms with Gasteiger partial charge in [0.05, 0.1) is 11.4 Å². The van der Waals surface area contributed by atoms with Crippen LogP contribution in [0.15, 0.2) is 78.4 Å². The molecule has 1 fully saturated rings. The molecule has 0 radical (unpaired) electrons. The van der Waals surface area contributed by atoms with Crippen molar-refractivity contribution >= 4 is 69.2 Å². The Morgan fingerprint density at radius 3 is 1.95 bits per heavy atom. The van der Waals surface area contributed by atoms with Crippen LogP contribution in [0, 0.1) is 38.2 Å². The number of amides is 2. The van der Waals surface area contributed by atoms with Crippen LogP contribution >= 0.6 is 34.8 Å². The van der Waals surface area contributed by atoms with Gasteiger partial charge in [0.2, 0.25) is 0 Å². The normalized spacial score (nSPS) is 15.0. The first-order chi connectivity index (χ1) is 18.6. The van der Waals surface area contributed by atoms with E-state index in [0.717, 1.165) is 33.8 Å². The Balaban J connectivity index is 1.66. The minimum atomic E-state index is -0.439. The Bertz CT molecular complexity index is 1690. The van der Waals surface area contributed by atoms with Crippen LogP contribution in [-0.4, -0.2) is 21.5 Å². The molecule has 1 aliphatic heterocycles. The maximum atomic E-state index is 14.0. The van der Waals surface area contributed by atoms with Crippen LogP contribution in [0.1, 0.15) is 33.6 Å². The molecule has 7 heteroatoms. The Hall–Kier alpha value is -3.56. The number of halogens is 1. The molecule has 3 aromatic carbocycles. The molecule has 196 valence electrons. The summed E-state index contributed by atoms with van der Waals surface area (Å²) in [6, 6.07) is 23.3. The second-order valence-electron chi connectivity index (χ2n) is 9.82. The number of thiocarbonyl (C=S) groups is 1. The van der Waals surface area contributed by atoms with E-state index in [0.29, 0.717) is 11.4 Å². The number of rotatable bonds is 4. The predicted molar refractivity (Wildman–Crippen MR) is 171 cm³/mol. The van der Waals surface area contributed by atoms with Crippen molar-refractivity contribution in [2.45, 2.75) is 34.6 Å². The van der Waals surface area contributed by atoms with Crippen molar-refractivity contribution in [3.8, 4) is 5.69 Å². The van der Waals surface area contributed by atoms with Gasteiger partial charge in [0.1, 0.15) is 5.57 Å². The van der Waals surface area contributed by atoms with Crippen LogP contribution in [-0.2, 0) is 9.59 Å². The van der Waals surface area contributed by atoms with Gasteiger partial charge in [-0.15, -0.1) is 0 Å². The summed E-state index contributed by atoms with van der Waals surface area (Å²) in [5.74, 6) is -0.874. The molecule has 39 heavy (non-hydrogen) atoms. The molecule has 5 nitrogen and oxygen atoms in total. The Labute approximate surface area is 247 Å². The first-order valence-corrected chi connectivity index (χ1v) is 14.1. The second-order valence-corrected chi connectivity index (χ2v) is 11.3. The summed E-state index contributed by atoms with van der Waals surface area (Å²) in [6.45, 7) is 10.1. The zero-order valence-electron chi connectivity index (χ0n) is 22.4. The van der Waals surface area contributed by atoms with Gasteiger partial charge in [-0.25, -0.2) is 0 Å². The van der Waals surface area contributed by atoms with Gasteiger partial charge in [0.25, 0.3) is 11.8 Å². The zero-order valence-corrected chi connectivity index (χ0v) is 25.4. The lowest BCUT2D eigenvalue weighted by Crippen LogP contribution is -2.57. The summed E-state index contributed by atoms with van der Waals surface area (Å²) in [4.78, 5) is 30.8. The minimum absolute atomic E-state index is 0.0599. The number of hydrogen-bond donors (Lipinski definition) is 0. The van der Waals surface area contributed by atoms with E-state index >= 15 is 0 Å². The summed E-state index contributed by atoms with van der Waals surface area (Å²) >= 11 is 8.10. The molecule has 4 aromatic rings. The monoisotopic (exact) mass is 645 g/mol. The Morgan fingerprint density at radius 2 is 1.31 bits per heavy atom. The molecule has 2 amide bonds. The van der Waals surface area contributed by atoms with Gasteiger partial charge in [-0.1, -0.05) is 24.3 Å². The summed E-state index contributed by atoms with van der Waals surface area (Å²) in [5, 5.41) is 0.136. The number of nitrogens with zero attached hydrogens (tertiary/aromatic N) is 3. The van der Waals surface area contributed by atoms with Crippen molar-refractivity contribution in [3.63, 3.8) is 0 Å². The first-order valence-electron chi connectivity index (χ1n) is 12.6. The maximum Gasteiger partial charge on any atom is 0.270 e. The van der Waals surface area contributed by atoms with Crippen molar-refractivity contribution in [1.82, 2.24) is 4.57 Å². The molecule has 0 atom stereocenters. The highest BCUT2D eigenvalue weighted by Gasteiger charge is 2.41. The van der Waals surface area contributed by atoms with Gasteiger partial charge in [0.15, 0.2) is 5.11 Å². The maximum absolute atomic E-state index is 14.0. The highest BCUT2D eigenvalue weighted by molar-refractivity contribution is 14.1. The third-order valence-electron chi connectivity index (χ3n) is 7.18. The lowest BCUT2D eigenvalue weighted by atomic mass is 10.0. The quantitative estimate of drug-likeness (QED) is 0.101. The molecule has 0 N–H and O–H groups in total. The predicted octanol–water partition coefficient (Wildman–Crippen LogP) is 7.37. The largest absolute Gasteiger partial charge is 0.318 e. The van der Waals surface area contributed by atoms with Crippen molar-refractivity contribution in [2.24, 2.45) is 0 Å². The average Bonchev–Trinajstić information content (AvgIpc) is 3.18. The van der Waals surface area contributed by atoms with Gasteiger partial charge in [-0.05, 0) is 146 Å². The van der Waals surface area contributed by atoms with Crippen molar-refractivity contribution in [3.05, 3.63) is 116 Å². The minimum Gasteiger partial charge on any atom is -0.318 e. The number of aromatic nitrogens is 1. The molecule has 0 unspecified atom stereocenters. The number of anilines is 2. The molecular weight excluding hydrogens is 617 g/mol. The van der Waals surface area contributed by atoms with Gasteiger partial charge >= 0.3 is 0 Å². The molecule has 1 aliphatic rings.